The Bertz CT molecular complexity index is 245. The molecule has 1 amide bonds. The average Bonchev–Trinajstić information content (AvgIpc) is 2.29. The molecule has 0 aliphatic carbocycles. The van der Waals surface area contributed by atoms with E-state index < -0.39 is 0 Å². The summed E-state index contributed by atoms with van der Waals surface area (Å²) < 4.78 is 0. The third kappa shape index (κ3) is 3.14. The number of rotatable bonds is 4. The summed E-state index contributed by atoms with van der Waals surface area (Å²) in [6.07, 6.45) is 6.79. The first-order valence-corrected chi connectivity index (χ1v) is 7.53. The van der Waals surface area contributed by atoms with E-state index in [0.717, 1.165) is 17.7 Å². The number of hydrogen-bond donors (Lipinski definition) is 1. The van der Waals surface area contributed by atoms with Gasteiger partial charge in [0.05, 0.1) is 5.75 Å². The minimum Gasteiger partial charge on any atom is -0.369 e. The summed E-state index contributed by atoms with van der Waals surface area (Å²) in [5, 5.41) is 0. The van der Waals surface area contributed by atoms with Crippen molar-refractivity contribution in [3.8, 4) is 0 Å². The van der Waals surface area contributed by atoms with Gasteiger partial charge in [-0.1, -0.05) is 6.42 Å². The molecule has 0 aromatic rings. The number of fused-ring (bicyclic) bond motifs is 1. The molecule has 0 aromatic carbocycles. The van der Waals surface area contributed by atoms with Crippen LogP contribution in [0.4, 0.5) is 0 Å². The predicted octanol–water partition coefficient (Wildman–Crippen LogP) is 1.47. The maximum atomic E-state index is 10.7. The molecule has 0 spiro atoms. The second-order valence-corrected chi connectivity index (χ2v) is 6.01. The van der Waals surface area contributed by atoms with E-state index in [9.17, 15) is 4.79 Å². The predicted molar refractivity (Wildman–Crippen MR) is 68.5 cm³/mol. The molecule has 2 aliphatic rings. The molecule has 0 bridgehead atoms. The largest absolute Gasteiger partial charge is 0.369 e. The Hall–Kier alpha value is -0.220. The minimum atomic E-state index is -0.179. The summed E-state index contributed by atoms with van der Waals surface area (Å²) in [6.45, 7) is 2.59. The van der Waals surface area contributed by atoms with Gasteiger partial charge in [0.15, 0.2) is 0 Å². The van der Waals surface area contributed by atoms with Crippen LogP contribution in [0.1, 0.15) is 32.1 Å². The second-order valence-electron chi connectivity index (χ2n) is 4.98. The van der Waals surface area contributed by atoms with Gasteiger partial charge in [-0.3, -0.25) is 4.79 Å². The minimum absolute atomic E-state index is 0.179. The van der Waals surface area contributed by atoms with Crippen LogP contribution in [0.25, 0.3) is 0 Å². The van der Waals surface area contributed by atoms with E-state index in [1.165, 1.54) is 45.2 Å². The van der Waals surface area contributed by atoms with Gasteiger partial charge in [0.1, 0.15) is 0 Å². The van der Waals surface area contributed by atoms with E-state index >= 15 is 0 Å². The first kappa shape index (κ1) is 12.2. The molecule has 2 atom stereocenters. The van der Waals surface area contributed by atoms with Crippen LogP contribution in [0, 0.1) is 5.92 Å². The second kappa shape index (κ2) is 5.92. The average molecular weight is 242 g/mol. The third-order valence-electron chi connectivity index (χ3n) is 3.80. The molecule has 0 saturated carbocycles. The molecule has 2 aliphatic heterocycles. The van der Waals surface area contributed by atoms with Gasteiger partial charge in [-0.15, -0.1) is 0 Å². The normalized spacial score (nSPS) is 31.0. The topological polar surface area (TPSA) is 46.3 Å². The summed E-state index contributed by atoms with van der Waals surface area (Å²) in [5.74, 6) is 2.22. The number of carbonyl (C=O) groups excluding carboxylic acids is 1. The molecule has 3 nitrogen and oxygen atoms in total. The standard InChI is InChI=1S/C12H22N2OS/c13-12(15)9-16-8-10-4-3-7-14-6-2-1-5-11(10)14/h10-11H,1-9H2,(H2,13,15)/t10-,11-/m1/s1. The lowest BCUT2D eigenvalue weighted by Gasteiger charge is -2.44. The molecule has 2 heterocycles. The lowest BCUT2D eigenvalue weighted by atomic mass is 9.85. The van der Waals surface area contributed by atoms with Crippen LogP contribution in [0.5, 0.6) is 0 Å². The van der Waals surface area contributed by atoms with Crippen LogP contribution >= 0.6 is 11.8 Å². The Morgan fingerprint density at radius 2 is 2.06 bits per heavy atom. The number of hydrogen-bond acceptors (Lipinski definition) is 3. The van der Waals surface area contributed by atoms with Crippen LogP contribution in [0.2, 0.25) is 0 Å². The molecule has 2 N–H and O–H groups in total. The molecular weight excluding hydrogens is 220 g/mol. The van der Waals surface area contributed by atoms with Crippen molar-refractivity contribution >= 4 is 17.7 Å². The number of nitrogens with zero attached hydrogens (tertiary/aromatic N) is 1. The number of nitrogens with two attached hydrogens (primary N) is 1. The summed E-state index contributed by atoms with van der Waals surface area (Å²) in [6, 6.07) is 0.794. The fourth-order valence-corrected chi connectivity index (χ4v) is 4.09. The number of amides is 1. The Kier molecular flexibility index (Phi) is 4.53. The van der Waals surface area contributed by atoms with E-state index in [1.54, 1.807) is 11.8 Å². The lowest BCUT2D eigenvalue weighted by molar-refractivity contribution is -0.115. The van der Waals surface area contributed by atoms with Gasteiger partial charge in [-0.2, -0.15) is 11.8 Å². The smallest absolute Gasteiger partial charge is 0.227 e. The van der Waals surface area contributed by atoms with Crippen LogP contribution in [0.15, 0.2) is 0 Å². The van der Waals surface area contributed by atoms with Gasteiger partial charge in [-0.25, -0.2) is 0 Å². The zero-order chi connectivity index (χ0) is 11.4. The summed E-state index contributed by atoms with van der Waals surface area (Å²) in [5.41, 5.74) is 5.17. The molecule has 16 heavy (non-hydrogen) atoms. The number of carbonyl (C=O) groups is 1. The fraction of sp³-hybridized carbons (Fsp3) is 0.917. The van der Waals surface area contributed by atoms with Gasteiger partial charge in [0.25, 0.3) is 0 Å². The highest BCUT2D eigenvalue weighted by atomic mass is 32.2. The highest BCUT2D eigenvalue weighted by Crippen LogP contribution is 2.32. The maximum absolute atomic E-state index is 10.7. The van der Waals surface area contributed by atoms with Crippen molar-refractivity contribution in [1.29, 1.82) is 0 Å². The number of primary amides is 1. The quantitative estimate of drug-likeness (QED) is 0.812. The van der Waals surface area contributed by atoms with Crippen molar-refractivity contribution in [2.24, 2.45) is 11.7 Å². The van der Waals surface area contributed by atoms with Gasteiger partial charge in [0, 0.05) is 6.04 Å². The monoisotopic (exact) mass is 242 g/mol. The Labute approximate surface area is 102 Å². The summed E-state index contributed by atoms with van der Waals surface area (Å²) in [4.78, 5) is 13.4. The van der Waals surface area contributed by atoms with E-state index in [-0.39, 0.29) is 5.91 Å². The van der Waals surface area contributed by atoms with E-state index in [1.807, 2.05) is 0 Å². The highest BCUT2D eigenvalue weighted by molar-refractivity contribution is 7.99. The first-order valence-electron chi connectivity index (χ1n) is 6.37. The van der Waals surface area contributed by atoms with Gasteiger partial charge in [0.2, 0.25) is 5.91 Å². The highest BCUT2D eigenvalue weighted by Gasteiger charge is 2.32. The van der Waals surface area contributed by atoms with Crippen LogP contribution < -0.4 is 5.73 Å². The summed E-state index contributed by atoms with van der Waals surface area (Å²) in [7, 11) is 0. The van der Waals surface area contributed by atoms with Gasteiger partial charge < -0.3 is 10.6 Å². The van der Waals surface area contributed by atoms with Crippen LogP contribution in [-0.2, 0) is 4.79 Å². The third-order valence-corrected chi connectivity index (χ3v) is 4.96. The van der Waals surface area contributed by atoms with E-state index in [0.29, 0.717) is 5.75 Å². The molecule has 0 aromatic heterocycles. The SMILES string of the molecule is NC(=O)CSC[C@H]1CCCN2CCCC[C@H]12. The van der Waals surface area contributed by atoms with Crippen molar-refractivity contribution in [3.63, 3.8) is 0 Å². The van der Waals surface area contributed by atoms with Crippen LogP contribution in [-0.4, -0.2) is 41.4 Å². The first-order chi connectivity index (χ1) is 7.77. The Morgan fingerprint density at radius 1 is 1.25 bits per heavy atom. The number of piperidine rings is 2. The number of thioether (sulfide) groups is 1. The maximum Gasteiger partial charge on any atom is 0.227 e. The molecule has 4 heteroatoms. The van der Waals surface area contributed by atoms with Crippen LogP contribution in [0.3, 0.4) is 0 Å². The molecule has 92 valence electrons. The van der Waals surface area contributed by atoms with Crippen molar-refractivity contribution in [3.05, 3.63) is 0 Å². The van der Waals surface area contributed by atoms with E-state index in [4.69, 9.17) is 5.73 Å². The zero-order valence-electron chi connectivity index (χ0n) is 9.86. The van der Waals surface area contributed by atoms with Crippen molar-refractivity contribution in [2.75, 3.05) is 24.6 Å². The zero-order valence-corrected chi connectivity index (χ0v) is 10.7. The van der Waals surface area contributed by atoms with Gasteiger partial charge >= 0.3 is 0 Å². The molecule has 2 saturated heterocycles. The van der Waals surface area contributed by atoms with Gasteiger partial charge in [-0.05, 0) is 50.4 Å². The molecule has 0 radical (unpaired) electrons. The lowest BCUT2D eigenvalue weighted by Crippen LogP contribution is -2.48. The molecule has 2 fully saturated rings. The van der Waals surface area contributed by atoms with Crippen molar-refractivity contribution in [1.82, 2.24) is 4.90 Å². The molecule has 0 unspecified atom stereocenters. The van der Waals surface area contributed by atoms with E-state index in [2.05, 4.69) is 4.90 Å². The van der Waals surface area contributed by atoms with Crippen molar-refractivity contribution < 1.29 is 4.79 Å². The fourth-order valence-electron chi connectivity index (χ4n) is 3.08. The molecule has 2 rings (SSSR count). The summed E-state index contributed by atoms with van der Waals surface area (Å²) >= 11 is 1.72. The van der Waals surface area contributed by atoms with Crippen molar-refractivity contribution in [2.45, 2.75) is 38.1 Å². The Morgan fingerprint density at radius 3 is 2.88 bits per heavy atom. The Balaban J connectivity index is 1.80. The molecular formula is C12H22N2OS.